The molecule has 244 valence electrons. The fourth-order valence-electron chi connectivity index (χ4n) is 4.66. The standard InChI is InChI=1S/C36H58O5S2/c1-16-39-21-23(37)22-40-31-28(34(8,9)10)17-24(18-29(31)35(11,12)13)41-43-36(14,15)42-25-19-26(32(2,3)4)30(38)27(20-25)33(5,6)7/h17-20,23,37-38H,16,21-22H2,1-15H3. The zero-order chi connectivity index (χ0) is 33.2. The second-order valence-corrected chi connectivity index (χ2v) is 19.3. The molecule has 1 atom stereocenters. The van der Waals surface area contributed by atoms with Crippen LogP contribution in [0.4, 0.5) is 0 Å². The Morgan fingerprint density at radius 3 is 1.51 bits per heavy atom. The van der Waals surface area contributed by atoms with E-state index in [0.717, 1.165) is 38.6 Å². The topological polar surface area (TPSA) is 68.2 Å². The molecule has 0 aliphatic rings. The summed E-state index contributed by atoms with van der Waals surface area (Å²) < 4.78 is 17.9. The summed E-state index contributed by atoms with van der Waals surface area (Å²) in [5.41, 5.74) is 3.17. The van der Waals surface area contributed by atoms with Crippen LogP contribution in [0.15, 0.2) is 29.2 Å². The number of hydrogen-bond acceptors (Lipinski definition) is 7. The average Bonchev–Trinajstić information content (AvgIpc) is 2.83. The van der Waals surface area contributed by atoms with E-state index in [0.29, 0.717) is 12.4 Å². The Balaban J connectivity index is 2.45. The number of phenolic OH excluding ortho intramolecular Hbond substituents is 1. The highest BCUT2D eigenvalue weighted by molar-refractivity contribution is 8.16. The van der Waals surface area contributed by atoms with Crippen LogP contribution in [0.1, 0.15) is 126 Å². The van der Waals surface area contributed by atoms with Crippen molar-refractivity contribution in [1.29, 1.82) is 0 Å². The van der Waals surface area contributed by atoms with Gasteiger partial charge in [0.05, 0.1) is 22.7 Å². The van der Waals surface area contributed by atoms with Crippen LogP contribution in [0, 0.1) is 0 Å². The average molecular weight is 635 g/mol. The van der Waals surface area contributed by atoms with Gasteiger partial charge < -0.3 is 23.9 Å². The third-order valence-electron chi connectivity index (χ3n) is 7.01. The Morgan fingerprint density at radius 1 is 0.674 bits per heavy atom. The summed E-state index contributed by atoms with van der Waals surface area (Å²) >= 11 is 3.17. The first kappa shape index (κ1) is 37.6. The summed E-state index contributed by atoms with van der Waals surface area (Å²) in [7, 11) is 0. The summed E-state index contributed by atoms with van der Waals surface area (Å²) in [6.45, 7) is 33.0. The first-order valence-corrected chi connectivity index (χ1v) is 16.9. The SMILES string of the molecule is CCOCC(O)COc1c(C(C)(C)C)cc(OSC(C)(C)Sc2cc(C(C)(C)C)c(O)c(C(C)(C)C)c2)cc1C(C)(C)C. The van der Waals surface area contributed by atoms with Gasteiger partial charge in [0.25, 0.3) is 0 Å². The van der Waals surface area contributed by atoms with E-state index in [-0.39, 0.29) is 39.0 Å². The van der Waals surface area contributed by atoms with Crippen molar-refractivity contribution in [1.82, 2.24) is 0 Å². The lowest BCUT2D eigenvalue weighted by Crippen LogP contribution is -2.26. The number of hydrogen-bond donors (Lipinski definition) is 2. The second kappa shape index (κ2) is 13.8. The van der Waals surface area contributed by atoms with Gasteiger partial charge >= 0.3 is 0 Å². The van der Waals surface area contributed by atoms with Crippen molar-refractivity contribution in [2.45, 2.75) is 141 Å². The number of thioether (sulfide) groups is 1. The first-order valence-electron chi connectivity index (χ1n) is 15.4. The highest BCUT2D eigenvalue weighted by Gasteiger charge is 2.32. The van der Waals surface area contributed by atoms with Gasteiger partial charge in [-0.2, -0.15) is 0 Å². The number of aromatic hydroxyl groups is 1. The molecule has 0 aromatic heterocycles. The fourth-order valence-corrected chi connectivity index (χ4v) is 6.50. The molecule has 43 heavy (non-hydrogen) atoms. The Morgan fingerprint density at radius 2 is 1.12 bits per heavy atom. The molecule has 0 aliphatic heterocycles. The Kier molecular flexibility index (Phi) is 12.1. The van der Waals surface area contributed by atoms with Crippen LogP contribution < -0.4 is 8.92 Å². The molecule has 2 aromatic carbocycles. The quantitative estimate of drug-likeness (QED) is 0.145. The van der Waals surface area contributed by atoms with Gasteiger partial charge in [-0.1, -0.05) is 83.1 Å². The fraction of sp³-hybridized carbons (Fsp3) is 0.667. The van der Waals surface area contributed by atoms with E-state index in [1.54, 1.807) is 11.8 Å². The Hall–Kier alpha value is -1.54. The molecule has 0 saturated heterocycles. The highest BCUT2D eigenvalue weighted by atomic mass is 32.2. The lowest BCUT2D eigenvalue weighted by atomic mass is 9.79. The Labute approximate surface area is 271 Å². The van der Waals surface area contributed by atoms with Crippen LogP contribution >= 0.6 is 23.8 Å². The molecule has 0 spiro atoms. The summed E-state index contributed by atoms with van der Waals surface area (Å²) in [5, 5.41) is 21.6. The van der Waals surface area contributed by atoms with Gasteiger partial charge in [0.2, 0.25) is 0 Å². The van der Waals surface area contributed by atoms with Crippen molar-refractivity contribution >= 4 is 23.8 Å². The molecule has 7 heteroatoms. The maximum Gasteiger partial charge on any atom is 0.138 e. The minimum Gasteiger partial charge on any atom is -0.507 e. The normalized spacial score (nSPS) is 14.1. The number of aliphatic hydroxyl groups is 1. The summed E-state index contributed by atoms with van der Waals surface area (Å²) in [6.07, 6.45) is -0.706. The predicted octanol–water partition coefficient (Wildman–Crippen LogP) is 9.91. The van der Waals surface area contributed by atoms with Crippen LogP contribution in [-0.4, -0.2) is 40.2 Å². The first-order chi connectivity index (χ1) is 19.4. The van der Waals surface area contributed by atoms with Gasteiger partial charge in [-0.15, -0.1) is 11.8 Å². The van der Waals surface area contributed by atoms with Gasteiger partial charge in [0.1, 0.15) is 30.0 Å². The minimum absolute atomic E-state index is 0.157. The number of phenols is 1. The number of aliphatic hydroxyl groups excluding tert-OH is 1. The van der Waals surface area contributed by atoms with Crippen LogP contribution in [-0.2, 0) is 26.4 Å². The molecule has 0 saturated carbocycles. The maximum atomic E-state index is 11.2. The number of benzene rings is 2. The van der Waals surface area contributed by atoms with E-state index in [1.165, 1.54) is 12.0 Å². The smallest absolute Gasteiger partial charge is 0.138 e. The number of rotatable bonds is 11. The Bertz CT molecular complexity index is 1150. The van der Waals surface area contributed by atoms with E-state index in [1.807, 2.05) is 6.92 Å². The summed E-state index contributed by atoms with van der Waals surface area (Å²) in [5.74, 6) is 1.96. The molecule has 2 N–H and O–H groups in total. The van der Waals surface area contributed by atoms with Gasteiger partial charge in [0, 0.05) is 33.8 Å². The van der Waals surface area contributed by atoms with Crippen LogP contribution in [0.25, 0.3) is 0 Å². The van der Waals surface area contributed by atoms with Gasteiger partial charge in [-0.05, 0) is 66.7 Å². The highest BCUT2D eigenvalue weighted by Crippen LogP contribution is 2.49. The van der Waals surface area contributed by atoms with Crippen molar-refractivity contribution < 1.29 is 23.9 Å². The molecule has 0 fully saturated rings. The molecule has 0 amide bonds. The zero-order valence-corrected chi connectivity index (χ0v) is 31.1. The van der Waals surface area contributed by atoms with Crippen LogP contribution in [0.5, 0.6) is 17.2 Å². The van der Waals surface area contributed by atoms with Gasteiger partial charge in [0.15, 0.2) is 0 Å². The summed E-state index contributed by atoms with van der Waals surface area (Å²) in [6, 6.07) is 8.39. The molecule has 0 aliphatic carbocycles. The van der Waals surface area contributed by atoms with E-state index in [4.69, 9.17) is 13.7 Å². The maximum absolute atomic E-state index is 11.2. The molecular weight excluding hydrogens is 577 g/mol. The van der Waals surface area contributed by atoms with Crippen molar-refractivity contribution in [3.63, 3.8) is 0 Å². The molecule has 2 rings (SSSR count). The van der Waals surface area contributed by atoms with Crippen molar-refractivity contribution in [2.75, 3.05) is 19.8 Å². The third kappa shape index (κ3) is 10.8. The largest absolute Gasteiger partial charge is 0.507 e. The minimum atomic E-state index is -0.706. The molecule has 1 unspecified atom stereocenters. The van der Waals surface area contributed by atoms with E-state index >= 15 is 0 Å². The third-order valence-corrected chi connectivity index (χ3v) is 9.11. The molecule has 0 heterocycles. The monoisotopic (exact) mass is 634 g/mol. The van der Waals surface area contributed by atoms with Crippen molar-refractivity contribution in [3.05, 3.63) is 46.5 Å². The lowest BCUT2D eigenvalue weighted by molar-refractivity contribution is 0.0157. The zero-order valence-electron chi connectivity index (χ0n) is 29.4. The predicted molar refractivity (Wildman–Crippen MR) is 185 cm³/mol. The second-order valence-electron chi connectivity index (χ2n) is 16.0. The number of ether oxygens (including phenoxy) is 2. The van der Waals surface area contributed by atoms with Crippen LogP contribution in [0.2, 0.25) is 0 Å². The van der Waals surface area contributed by atoms with E-state index < -0.39 is 6.10 Å². The van der Waals surface area contributed by atoms with Crippen LogP contribution in [0.3, 0.4) is 0 Å². The lowest BCUT2D eigenvalue weighted by Gasteiger charge is -2.31. The molecule has 0 radical (unpaired) electrons. The molecular formula is C36H58O5S2. The van der Waals surface area contributed by atoms with Crippen molar-refractivity contribution in [3.8, 4) is 17.2 Å². The van der Waals surface area contributed by atoms with Gasteiger partial charge in [-0.25, -0.2) is 0 Å². The molecule has 5 nitrogen and oxygen atoms in total. The van der Waals surface area contributed by atoms with Gasteiger partial charge in [-0.3, -0.25) is 0 Å². The molecule has 2 aromatic rings. The summed E-state index contributed by atoms with van der Waals surface area (Å²) in [4.78, 5) is 1.11. The van der Waals surface area contributed by atoms with Crippen molar-refractivity contribution in [2.24, 2.45) is 0 Å². The van der Waals surface area contributed by atoms with E-state index in [9.17, 15) is 10.2 Å². The molecule has 0 bridgehead atoms. The van der Waals surface area contributed by atoms with E-state index in [2.05, 4.69) is 121 Å².